The number of aromatic nitrogens is 1. The monoisotopic (exact) mass is 323 g/mol. The molecule has 0 radical (unpaired) electrons. The molecule has 0 spiro atoms. The van der Waals surface area contributed by atoms with Crippen LogP contribution in [0.5, 0.6) is 5.75 Å². The second kappa shape index (κ2) is 6.02. The number of halogens is 1. The highest BCUT2D eigenvalue weighted by Crippen LogP contribution is 2.33. The van der Waals surface area contributed by atoms with Crippen LogP contribution in [-0.4, -0.2) is 35.4 Å². The van der Waals surface area contributed by atoms with Crippen LogP contribution in [0.25, 0.3) is 10.6 Å². The molecule has 1 aromatic heterocycles. The highest BCUT2D eigenvalue weighted by molar-refractivity contribution is 7.14. The van der Waals surface area contributed by atoms with Crippen molar-refractivity contribution in [3.05, 3.63) is 34.6 Å². The van der Waals surface area contributed by atoms with Crippen LogP contribution >= 0.6 is 11.3 Å². The van der Waals surface area contributed by atoms with Crippen molar-refractivity contribution in [3.8, 4) is 16.3 Å². The number of carboxylic acid groups (broad SMARTS) is 1. The van der Waals surface area contributed by atoms with E-state index in [1.807, 2.05) is 6.92 Å². The highest BCUT2D eigenvalue weighted by atomic mass is 32.1. The van der Waals surface area contributed by atoms with Crippen LogP contribution in [-0.2, 0) is 4.74 Å². The Bertz CT molecular complexity index is 710. The van der Waals surface area contributed by atoms with E-state index in [1.165, 1.54) is 23.5 Å². The Morgan fingerprint density at radius 1 is 1.55 bits per heavy atom. The van der Waals surface area contributed by atoms with E-state index < -0.39 is 17.3 Å². The molecule has 0 saturated carbocycles. The van der Waals surface area contributed by atoms with Gasteiger partial charge < -0.3 is 14.6 Å². The number of ether oxygens (including phenoxy) is 2. The summed E-state index contributed by atoms with van der Waals surface area (Å²) in [5, 5.41) is 9.63. The van der Waals surface area contributed by atoms with Gasteiger partial charge in [0.15, 0.2) is 0 Å². The summed E-state index contributed by atoms with van der Waals surface area (Å²) in [5.74, 6) is -1.81. The van der Waals surface area contributed by atoms with Gasteiger partial charge in [-0.3, -0.25) is 0 Å². The van der Waals surface area contributed by atoms with Gasteiger partial charge in [-0.05, 0) is 19.1 Å². The SMILES string of the molecule is Cc1cnc(-c2cc(O[C@@H]3CCOC3)cc(C(=O)O)c2F)s1. The fourth-order valence-corrected chi connectivity index (χ4v) is 3.03. The maximum absolute atomic E-state index is 14.4. The minimum atomic E-state index is -1.33. The quantitative estimate of drug-likeness (QED) is 0.936. The summed E-state index contributed by atoms with van der Waals surface area (Å²) in [7, 11) is 0. The average Bonchev–Trinajstić information content (AvgIpc) is 3.12. The fraction of sp³-hybridized carbons (Fsp3) is 0.333. The number of nitrogens with zero attached hydrogens (tertiary/aromatic N) is 1. The summed E-state index contributed by atoms with van der Waals surface area (Å²) in [6.45, 7) is 2.91. The minimum Gasteiger partial charge on any atom is -0.488 e. The van der Waals surface area contributed by atoms with Crippen molar-refractivity contribution in [2.75, 3.05) is 13.2 Å². The maximum Gasteiger partial charge on any atom is 0.338 e. The molecule has 1 aliphatic rings. The van der Waals surface area contributed by atoms with Crippen molar-refractivity contribution in [2.24, 2.45) is 0 Å². The molecule has 116 valence electrons. The molecule has 3 rings (SSSR count). The van der Waals surface area contributed by atoms with Crippen molar-refractivity contribution in [1.82, 2.24) is 4.98 Å². The number of aryl methyl sites for hydroxylation is 1. The summed E-state index contributed by atoms with van der Waals surface area (Å²) in [5.41, 5.74) is -0.272. The van der Waals surface area contributed by atoms with Gasteiger partial charge in [0.25, 0.3) is 0 Å². The van der Waals surface area contributed by atoms with Crippen molar-refractivity contribution in [1.29, 1.82) is 0 Å². The van der Waals surface area contributed by atoms with Gasteiger partial charge in [0.1, 0.15) is 22.7 Å². The lowest BCUT2D eigenvalue weighted by molar-refractivity contribution is 0.0691. The number of benzene rings is 1. The lowest BCUT2D eigenvalue weighted by atomic mass is 10.1. The number of aromatic carboxylic acids is 1. The molecule has 2 heterocycles. The van der Waals surface area contributed by atoms with E-state index >= 15 is 0 Å². The molecule has 0 bridgehead atoms. The third-order valence-electron chi connectivity index (χ3n) is 3.32. The standard InChI is InChI=1S/C15H14FNO4S/c1-8-6-17-14(22-8)11-4-10(21-9-2-3-20-7-9)5-12(13(11)16)15(18)19/h4-6,9H,2-3,7H2,1H3,(H,18,19)/t9-/m1/s1. The van der Waals surface area contributed by atoms with Crippen molar-refractivity contribution in [3.63, 3.8) is 0 Å². The first-order chi connectivity index (χ1) is 10.5. The summed E-state index contributed by atoms with van der Waals surface area (Å²) in [6.07, 6.45) is 2.21. The molecule has 0 aliphatic carbocycles. The van der Waals surface area contributed by atoms with Crippen LogP contribution in [0.1, 0.15) is 21.7 Å². The van der Waals surface area contributed by atoms with Crippen LogP contribution in [0.2, 0.25) is 0 Å². The van der Waals surface area contributed by atoms with E-state index in [-0.39, 0.29) is 11.7 Å². The lowest BCUT2D eigenvalue weighted by Gasteiger charge is -2.14. The third-order valence-corrected chi connectivity index (χ3v) is 4.26. The molecule has 7 heteroatoms. The smallest absolute Gasteiger partial charge is 0.338 e. The van der Waals surface area contributed by atoms with E-state index in [1.54, 1.807) is 6.20 Å². The zero-order valence-corrected chi connectivity index (χ0v) is 12.7. The van der Waals surface area contributed by atoms with Gasteiger partial charge in [-0.1, -0.05) is 0 Å². The van der Waals surface area contributed by atoms with Gasteiger partial charge in [0.2, 0.25) is 0 Å². The number of hydrogen-bond acceptors (Lipinski definition) is 5. The zero-order valence-electron chi connectivity index (χ0n) is 11.8. The van der Waals surface area contributed by atoms with Crippen molar-refractivity contribution in [2.45, 2.75) is 19.4 Å². The lowest BCUT2D eigenvalue weighted by Crippen LogP contribution is -2.16. The fourth-order valence-electron chi connectivity index (χ4n) is 2.25. The van der Waals surface area contributed by atoms with Crippen LogP contribution in [0.3, 0.4) is 0 Å². The first-order valence-electron chi connectivity index (χ1n) is 6.78. The average molecular weight is 323 g/mol. The number of carbonyl (C=O) groups is 1. The molecular formula is C15H14FNO4S. The van der Waals surface area contributed by atoms with Gasteiger partial charge in [0, 0.05) is 17.5 Å². The predicted molar refractivity (Wildman–Crippen MR) is 79.1 cm³/mol. The number of rotatable bonds is 4. The Labute approximate surface area is 130 Å². The third kappa shape index (κ3) is 2.95. The van der Waals surface area contributed by atoms with Gasteiger partial charge in [-0.2, -0.15) is 0 Å². The van der Waals surface area contributed by atoms with Gasteiger partial charge in [0.05, 0.1) is 24.3 Å². The number of thiazole rings is 1. The Morgan fingerprint density at radius 3 is 2.95 bits per heavy atom. The largest absolute Gasteiger partial charge is 0.488 e. The summed E-state index contributed by atoms with van der Waals surface area (Å²) < 4.78 is 25.4. The highest BCUT2D eigenvalue weighted by Gasteiger charge is 2.23. The summed E-state index contributed by atoms with van der Waals surface area (Å²) >= 11 is 1.30. The molecule has 5 nitrogen and oxygen atoms in total. The first-order valence-corrected chi connectivity index (χ1v) is 7.60. The van der Waals surface area contributed by atoms with E-state index in [4.69, 9.17) is 9.47 Å². The van der Waals surface area contributed by atoms with Crippen LogP contribution in [0, 0.1) is 12.7 Å². The van der Waals surface area contributed by atoms with Crippen LogP contribution < -0.4 is 4.74 Å². The topological polar surface area (TPSA) is 68.7 Å². The number of hydrogen-bond donors (Lipinski definition) is 1. The van der Waals surface area contributed by atoms with Crippen LogP contribution in [0.15, 0.2) is 18.3 Å². The van der Waals surface area contributed by atoms with E-state index in [0.717, 1.165) is 11.3 Å². The maximum atomic E-state index is 14.4. The van der Waals surface area contributed by atoms with Crippen LogP contribution in [0.4, 0.5) is 4.39 Å². The van der Waals surface area contributed by atoms with Crippen molar-refractivity contribution >= 4 is 17.3 Å². The molecule has 1 aromatic carbocycles. The molecule has 0 unspecified atom stereocenters. The molecular weight excluding hydrogens is 309 g/mol. The number of carboxylic acids is 1. The molecule has 1 N–H and O–H groups in total. The Balaban J connectivity index is 2.03. The molecule has 2 aromatic rings. The second-order valence-electron chi connectivity index (χ2n) is 5.02. The molecule has 22 heavy (non-hydrogen) atoms. The van der Waals surface area contributed by atoms with E-state index in [0.29, 0.717) is 24.0 Å². The molecule has 1 fully saturated rings. The predicted octanol–water partition coefficient (Wildman–Crippen LogP) is 3.12. The van der Waals surface area contributed by atoms with E-state index in [9.17, 15) is 14.3 Å². The Kier molecular flexibility index (Phi) is 4.08. The molecule has 1 saturated heterocycles. The molecule has 1 aliphatic heterocycles. The first kappa shape index (κ1) is 14.9. The second-order valence-corrected chi connectivity index (χ2v) is 6.25. The zero-order chi connectivity index (χ0) is 15.7. The van der Waals surface area contributed by atoms with Crippen molar-refractivity contribution < 1.29 is 23.8 Å². The summed E-state index contributed by atoms with van der Waals surface area (Å²) in [6, 6.07) is 2.71. The summed E-state index contributed by atoms with van der Waals surface area (Å²) in [4.78, 5) is 16.3. The van der Waals surface area contributed by atoms with Gasteiger partial charge >= 0.3 is 5.97 Å². The normalized spacial score (nSPS) is 17.6. The minimum absolute atomic E-state index is 0.141. The molecule has 0 amide bonds. The Morgan fingerprint density at radius 2 is 2.36 bits per heavy atom. The van der Waals surface area contributed by atoms with Gasteiger partial charge in [-0.25, -0.2) is 14.2 Å². The molecule has 1 atom stereocenters. The Hall–Kier alpha value is -1.99. The van der Waals surface area contributed by atoms with Gasteiger partial charge in [-0.15, -0.1) is 11.3 Å². The van der Waals surface area contributed by atoms with E-state index in [2.05, 4.69) is 4.98 Å².